The second-order valence-corrected chi connectivity index (χ2v) is 7.41. The monoisotopic (exact) mass is 363 g/mol. The number of thiazole rings is 1. The third-order valence-corrected chi connectivity index (χ3v) is 5.62. The summed E-state index contributed by atoms with van der Waals surface area (Å²) in [5.74, 6) is -1.69. The lowest BCUT2D eigenvalue weighted by Gasteiger charge is -2.22. The van der Waals surface area contributed by atoms with Crippen molar-refractivity contribution in [2.75, 3.05) is 0 Å². The molecule has 1 aromatic heterocycles. The van der Waals surface area contributed by atoms with Gasteiger partial charge in [-0.15, -0.1) is 11.3 Å². The van der Waals surface area contributed by atoms with Crippen LogP contribution in [0.2, 0.25) is 0 Å². The predicted molar refractivity (Wildman–Crippen MR) is 86.9 cm³/mol. The Bertz CT molecular complexity index is 881. The summed E-state index contributed by atoms with van der Waals surface area (Å²) >= 11 is 1.52. The van der Waals surface area contributed by atoms with Crippen molar-refractivity contribution in [2.24, 2.45) is 0 Å². The molecule has 2 fully saturated rings. The van der Waals surface area contributed by atoms with Crippen molar-refractivity contribution in [3.05, 3.63) is 51.5 Å². The Morgan fingerprint density at radius 2 is 2.12 bits per heavy atom. The minimum atomic E-state index is -1.57. The van der Waals surface area contributed by atoms with Crippen molar-refractivity contribution in [1.82, 2.24) is 15.2 Å². The van der Waals surface area contributed by atoms with Crippen LogP contribution in [0.5, 0.6) is 0 Å². The van der Waals surface area contributed by atoms with Crippen molar-refractivity contribution in [3.8, 4) is 0 Å². The number of halogens is 2. The maximum absolute atomic E-state index is 14.1. The molecular weight excluding hydrogens is 348 g/mol. The van der Waals surface area contributed by atoms with Gasteiger partial charge in [0.15, 0.2) is 0 Å². The average Bonchev–Trinajstić information content (AvgIpc) is 3.26. The number of amides is 3. The Morgan fingerprint density at radius 1 is 1.36 bits per heavy atom. The van der Waals surface area contributed by atoms with Crippen LogP contribution in [-0.4, -0.2) is 21.8 Å². The Hall–Kier alpha value is -2.35. The molecule has 1 atom stereocenters. The molecule has 2 aliphatic rings. The zero-order valence-corrected chi connectivity index (χ0v) is 14.2. The van der Waals surface area contributed by atoms with Gasteiger partial charge in [-0.2, -0.15) is 0 Å². The molecule has 0 spiro atoms. The summed E-state index contributed by atoms with van der Waals surface area (Å²) in [5.41, 5.74) is -0.990. The van der Waals surface area contributed by atoms with Crippen LogP contribution in [0.3, 0.4) is 0 Å². The topological polar surface area (TPSA) is 62.3 Å². The van der Waals surface area contributed by atoms with Crippen molar-refractivity contribution in [3.63, 3.8) is 0 Å². The number of nitrogens with zero attached hydrogens (tertiary/aromatic N) is 2. The van der Waals surface area contributed by atoms with Gasteiger partial charge in [0.25, 0.3) is 5.91 Å². The van der Waals surface area contributed by atoms with Gasteiger partial charge in [0.2, 0.25) is 0 Å². The van der Waals surface area contributed by atoms with E-state index in [9.17, 15) is 18.4 Å². The van der Waals surface area contributed by atoms with Crippen LogP contribution >= 0.6 is 11.3 Å². The molecule has 1 unspecified atom stereocenters. The van der Waals surface area contributed by atoms with E-state index in [4.69, 9.17) is 0 Å². The van der Waals surface area contributed by atoms with Crippen LogP contribution in [0.25, 0.3) is 0 Å². The summed E-state index contributed by atoms with van der Waals surface area (Å²) in [7, 11) is 0. The smallest absolute Gasteiger partial charge is 0.319 e. The third-order valence-electron chi connectivity index (χ3n) is 4.56. The lowest BCUT2D eigenvalue weighted by atomic mass is 9.91. The van der Waals surface area contributed by atoms with Crippen molar-refractivity contribution < 1.29 is 18.4 Å². The maximum Gasteiger partial charge on any atom is 0.325 e. The van der Waals surface area contributed by atoms with Crippen molar-refractivity contribution >= 4 is 23.3 Å². The fraction of sp³-hybridized carbons (Fsp3) is 0.353. The number of carbonyl (C=O) groups excluding carboxylic acids is 2. The molecule has 5 nitrogen and oxygen atoms in total. The lowest BCUT2D eigenvalue weighted by molar-refractivity contribution is -0.131. The van der Waals surface area contributed by atoms with Crippen LogP contribution in [0.4, 0.5) is 13.6 Å². The molecule has 2 heterocycles. The standard InChI is InChI=1S/C17H15F2N3O2S/c1-17(12-5-4-10(18)6-13(12)19)15(23)22(16(24)21-17)7-11-8-25-14(20-11)9-2-3-9/h4-6,8-9H,2-3,7H2,1H3,(H,21,24). The van der Waals surface area contributed by atoms with Gasteiger partial charge < -0.3 is 5.32 Å². The van der Waals surface area contributed by atoms with Gasteiger partial charge in [-0.25, -0.2) is 18.6 Å². The highest BCUT2D eigenvalue weighted by Gasteiger charge is 2.50. The quantitative estimate of drug-likeness (QED) is 0.848. The number of aromatic nitrogens is 1. The first-order valence-electron chi connectivity index (χ1n) is 7.92. The molecule has 1 saturated carbocycles. The van der Waals surface area contributed by atoms with Crippen LogP contribution in [0.1, 0.15) is 41.9 Å². The molecule has 3 amide bonds. The van der Waals surface area contributed by atoms with Gasteiger partial charge >= 0.3 is 6.03 Å². The number of hydrogen-bond acceptors (Lipinski definition) is 4. The third kappa shape index (κ3) is 2.70. The number of urea groups is 1. The second-order valence-electron chi connectivity index (χ2n) is 6.52. The first kappa shape index (κ1) is 16.1. The van der Waals surface area contributed by atoms with Gasteiger partial charge in [0, 0.05) is 22.9 Å². The molecule has 25 heavy (non-hydrogen) atoms. The Morgan fingerprint density at radius 3 is 2.80 bits per heavy atom. The Balaban J connectivity index is 1.60. The highest BCUT2D eigenvalue weighted by atomic mass is 32.1. The first-order valence-corrected chi connectivity index (χ1v) is 8.80. The van der Waals surface area contributed by atoms with Crippen LogP contribution in [0, 0.1) is 11.6 Å². The molecule has 1 aromatic carbocycles. The molecule has 2 aromatic rings. The van der Waals surface area contributed by atoms with Gasteiger partial charge in [0.1, 0.15) is 17.2 Å². The average molecular weight is 363 g/mol. The van der Waals surface area contributed by atoms with E-state index < -0.39 is 29.1 Å². The van der Waals surface area contributed by atoms with E-state index in [2.05, 4.69) is 10.3 Å². The lowest BCUT2D eigenvalue weighted by Crippen LogP contribution is -2.41. The van der Waals surface area contributed by atoms with Gasteiger partial charge in [-0.05, 0) is 25.8 Å². The predicted octanol–water partition coefficient (Wildman–Crippen LogP) is 3.27. The minimum absolute atomic E-state index is 0.0340. The fourth-order valence-electron chi connectivity index (χ4n) is 2.99. The number of benzene rings is 1. The molecule has 1 aliphatic heterocycles. The van der Waals surface area contributed by atoms with E-state index in [1.807, 2.05) is 5.38 Å². The zero-order chi connectivity index (χ0) is 17.8. The second kappa shape index (κ2) is 5.59. The molecule has 1 saturated heterocycles. The Labute approximate surface area is 146 Å². The summed E-state index contributed by atoms with van der Waals surface area (Å²) in [5, 5.41) is 5.38. The molecule has 4 rings (SSSR count). The Kier molecular flexibility index (Phi) is 3.61. The number of carbonyl (C=O) groups is 2. The maximum atomic E-state index is 14.1. The zero-order valence-electron chi connectivity index (χ0n) is 13.4. The molecule has 0 bridgehead atoms. The summed E-state index contributed by atoms with van der Waals surface area (Å²) in [6, 6.07) is 2.33. The molecule has 1 N–H and O–H groups in total. The summed E-state index contributed by atoms with van der Waals surface area (Å²) in [6.45, 7) is 1.45. The van der Waals surface area contributed by atoms with E-state index in [1.54, 1.807) is 0 Å². The van der Waals surface area contributed by atoms with E-state index in [0.717, 1.165) is 28.8 Å². The van der Waals surface area contributed by atoms with Crippen LogP contribution < -0.4 is 5.32 Å². The van der Waals surface area contributed by atoms with E-state index in [0.29, 0.717) is 17.7 Å². The van der Waals surface area contributed by atoms with Gasteiger partial charge in [-0.1, -0.05) is 6.07 Å². The molecule has 8 heteroatoms. The normalized spacial score (nSPS) is 23.2. The number of nitrogens with one attached hydrogen (secondary N) is 1. The minimum Gasteiger partial charge on any atom is -0.319 e. The van der Waals surface area contributed by atoms with E-state index >= 15 is 0 Å². The van der Waals surface area contributed by atoms with Gasteiger partial charge in [-0.3, -0.25) is 9.69 Å². The molecule has 0 radical (unpaired) electrons. The largest absolute Gasteiger partial charge is 0.325 e. The van der Waals surface area contributed by atoms with E-state index in [1.165, 1.54) is 24.3 Å². The SMILES string of the molecule is CC1(c2ccc(F)cc2F)NC(=O)N(Cc2csc(C3CC3)n2)C1=O. The number of hydrogen-bond donors (Lipinski definition) is 1. The van der Waals surface area contributed by atoms with Crippen LogP contribution in [-0.2, 0) is 16.9 Å². The number of rotatable bonds is 4. The van der Waals surface area contributed by atoms with Crippen LogP contribution in [0.15, 0.2) is 23.6 Å². The highest BCUT2D eigenvalue weighted by Crippen LogP contribution is 2.41. The molecule has 1 aliphatic carbocycles. The first-order chi connectivity index (χ1) is 11.9. The molecule has 130 valence electrons. The number of imide groups is 1. The summed E-state index contributed by atoms with van der Waals surface area (Å²) < 4.78 is 27.3. The van der Waals surface area contributed by atoms with Gasteiger partial charge in [0.05, 0.1) is 17.2 Å². The van der Waals surface area contributed by atoms with E-state index in [-0.39, 0.29) is 12.1 Å². The van der Waals surface area contributed by atoms with Crippen molar-refractivity contribution in [1.29, 1.82) is 0 Å². The fourth-order valence-corrected chi connectivity index (χ4v) is 3.98. The van der Waals surface area contributed by atoms with Crippen molar-refractivity contribution in [2.45, 2.75) is 37.8 Å². The highest BCUT2D eigenvalue weighted by molar-refractivity contribution is 7.09. The molecular formula is C17H15F2N3O2S. The summed E-state index contributed by atoms with van der Waals surface area (Å²) in [6.07, 6.45) is 2.25. The summed E-state index contributed by atoms with van der Waals surface area (Å²) in [4.78, 5) is 30.6.